The molecule has 1 amide bonds. The number of amides is 1. The van der Waals surface area contributed by atoms with Gasteiger partial charge in [-0.3, -0.25) is 4.79 Å². The molecule has 0 bridgehead atoms. The van der Waals surface area contributed by atoms with E-state index < -0.39 is 0 Å². The Morgan fingerprint density at radius 1 is 1.43 bits per heavy atom. The Kier molecular flexibility index (Phi) is 4.73. The predicted molar refractivity (Wildman–Crippen MR) is 85.0 cm³/mol. The highest BCUT2D eigenvalue weighted by Crippen LogP contribution is 2.21. The number of nitrogens with zero attached hydrogens (tertiary/aromatic N) is 2. The van der Waals surface area contributed by atoms with Gasteiger partial charge in [-0.2, -0.15) is 0 Å². The summed E-state index contributed by atoms with van der Waals surface area (Å²) < 4.78 is 10.3. The van der Waals surface area contributed by atoms with Crippen molar-refractivity contribution in [3.05, 3.63) is 52.9 Å². The van der Waals surface area contributed by atoms with Crippen molar-refractivity contribution in [3.63, 3.8) is 0 Å². The van der Waals surface area contributed by atoms with Gasteiger partial charge in [-0.1, -0.05) is 35.5 Å². The molecule has 0 aliphatic carbocycles. The zero-order valence-corrected chi connectivity index (χ0v) is 13.4. The van der Waals surface area contributed by atoms with Crippen LogP contribution in [0.3, 0.4) is 0 Å². The Bertz CT molecular complexity index is 669. The summed E-state index contributed by atoms with van der Waals surface area (Å²) in [5.74, 6) is 0.529. The van der Waals surface area contributed by atoms with Gasteiger partial charge >= 0.3 is 0 Å². The Hall–Kier alpha value is -2.18. The van der Waals surface area contributed by atoms with Gasteiger partial charge in [0.05, 0.1) is 12.2 Å². The lowest BCUT2D eigenvalue weighted by molar-refractivity contribution is 0.0688. The van der Waals surface area contributed by atoms with E-state index in [4.69, 9.17) is 9.26 Å². The lowest BCUT2D eigenvalue weighted by Gasteiger charge is -2.33. The Balaban J connectivity index is 1.77. The molecule has 6 nitrogen and oxygen atoms in total. The molecule has 1 saturated heterocycles. The van der Waals surface area contributed by atoms with Crippen LogP contribution in [0.2, 0.25) is 0 Å². The van der Waals surface area contributed by atoms with E-state index in [1.54, 1.807) is 14.0 Å². The first-order valence-corrected chi connectivity index (χ1v) is 7.72. The Morgan fingerprint density at radius 3 is 2.96 bits per heavy atom. The number of rotatable bonds is 4. The van der Waals surface area contributed by atoms with Crippen LogP contribution in [0.1, 0.15) is 33.4 Å². The molecule has 3 rings (SSSR count). The number of nitrogens with one attached hydrogen (secondary N) is 1. The van der Waals surface area contributed by atoms with Crippen LogP contribution in [-0.4, -0.2) is 42.7 Å². The summed E-state index contributed by atoms with van der Waals surface area (Å²) in [5.41, 5.74) is 2.27. The maximum atomic E-state index is 12.8. The van der Waals surface area contributed by atoms with Crippen molar-refractivity contribution in [3.8, 4) is 0 Å². The van der Waals surface area contributed by atoms with E-state index in [1.165, 1.54) is 5.56 Å². The van der Waals surface area contributed by atoms with Crippen molar-refractivity contribution in [2.24, 2.45) is 0 Å². The number of hydrogen-bond acceptors (Lipinski definition) is 5. The average Bonchev–Trinajstić information content (AvgIpc) is 2.96. The van der Waals surface area contributed by atoms with Crippen molar-refractivity contribution in [2.45, 2.75) is 19.6 Å². The zero-order chi connectivity index (χ0) is 16.2. The van der Waals surface area contributed by atoms with Crippen molar-refractivity contribution >= 4 is 5.91 Å². The van der Waals surface area contributed by atoms with Gasteiger partial charge in [-0.05, 0) is 12.5 Å². The van der Waals surface area contributed by atoms with Crippen LogP contribution in [0, 0.1) is 6.92 Å². The number of aryl methyl sites for hydroxylation is 1. The molecular weight excluding hydrogens is 294 g/mol. The molecule has 1 fully saturated rings. The summed E-state index contributed by atoms with van der Waals surface area (Å²) in [6, 6.07) is 10.3. The lowest BCUT2D eigenvalue weighted by Crippen LogP contribution is -2.48. The molecule has 1 unspecified atom stereocenters. The molecule has 1 atom stereocenters. The number of carbonyl (C=O) groups excluding carboxylic acids is 1. The topological polar surface area (TPSA) is 67.6 Å². The molecule has 0 radical (unpaired) electrons. The molecule has 122 valence electrons. The van der Waals surface area contributed by atoms with E-state index in [1.807, 2.05) is 23.1 Å². The number of hydrogen-bond donors (Lipinski definition) is 1. The number of aromatic nitrogens is 1. The van der Waals surface area contributed by atoms with E-state index in [0.29, 0.717) is 31.2 Å². The number of carbonyl (C=O) groups is 1. The van der Waals surface area contributed by atoms with Crippen LogP contribution in [0.5, 0.6) is 0 Å². The fourth-order valence-corrected chi connectivity index (χ4v) is 2.87. The summed E-state index contributed by atoms with van der Waals surface area (Å²) in [6.45, 7) is 4.14. The van der Waals surface area contributed by atoms with Gasteiger partial charge in [-0.15, -0.1) is 0 Å². The number of piperazine rings is 1. The SMILES string of the molecule is COCc1c(C(=O)N2CCNC(c3ccccc3)C2)noc1C. The van der Waals surface area contributed by atoms with Gasteiger partial charge in [0.15, 0.2) is 5.69 Å². The first-order valence-electron chi connectivity index (χ1n) is 7.72. The second-order valence-electron chi connectivity index (χ2n) is 5.67. The number of methoxy groups -OCH3 is 1. The van der Waals surface area contributed by atoms with Gasteiger partial charge in [0.2, 0.25) is 0 Å². The quantitative estimate of drug-likeness (QED) is 0.933. The summed E-state index contributed by atoms with van der Waals surface area (Å²) >= 11 is 0. The van der Waals surface area contributed by atoms with Gasteiger partial charge in [0.1, 0.15) is 5.76 Å². The second-order valence-corrected chi connectivity index (χ2v) is 5.67. The van der Waals surface area contributed by atoms with Gasteiger partial charge in [0, 0.05) is 32.8 Å². The average molecular weight is 315 g/mol. The van der Waals surface area contributed by atoms with Crippen molar-refractivity contribution in [1.82, 2.24) is 15.4 Å². The third-order valence-corrected chi connectivity index (χ3v) is 4.14. The minimum atomic E-state index is -0.101. The first kappa shape index (κ1) is 15.7. The molecule has 23 heavy (non-hydrogen) atoms. The maximum Gasteiger partial charge on any atom is 0.276 e. The fourth-order valence-electron chi connectivity index (χ4n) is 2.87. The molecular formula is C17H21N3O3. The van der Waals surface area contributed by atoms with Crippen LogP contribution in [0.4, 0.5) is 0 Å². The zero-order valence-electron chi connectivity index (χ0n) is 13.4. The summed E-state index contributed by atoms with van der Waals surface area (Å²) in [4.78, 5) is 14.6. The third-order valence-electron chi connectivity index (χ3n) is 4.14. The molecule has 1 aromatic carbocycles. The van der Waals surface area contributed by atoms with Crippen molar-refractivity contribution < 1.29 is 14.1 Å². The highest BCUT2D eigenvalue weighted by molar-refractivity contribution is 5.94. The van der Waals surface area contributed by atoms with Crippen LogP contribution < -0.4 is 5.32 Å². The van der Waals surface area contributed by atoms with E-state index in [-0.39, 0.29) is 11.9 Å². The maximum absolute atomic E-state index is 12.8. The summed E-state index contributed by atoms with van der Waals surface area (Å²) in [5, 5.41) is 7.39. The predicted octanol–water partition coefficient (Wildman–Crippen LogP) is 1.92. The molecule has 1 N–H and O–H groups in total. The summed E-state index contributed by atoms with van der Waals surface area (Å²) in [6.07, 6.45) is 0. The largest absolute Gasteiger partial charge is 0.380 e. The third kappa shape index (κ3) is 3.28. The fraction of sp³-hybridized carbons (Fsp3) is 0.412. The van der Waals surface area contributed by atoms with E-state index in [0.717, 1.165) is 12.1 Å². The van der Waals surface area contributed by atoms with Crippen LogP contribution in [0.25, 0.3) is 0 Å². The van der Waals surface area contributed by atoms with Gasteiger partial charge in [0.25, 0.3) is 5.91 Å². The lowest BCUT2D eigenvalue weighted by atomic mass is 10.0. The number of ether oxygens (including phenoxy) is 1. The molecule has 1 aliphatic heterocycles. The van der Waals surface area contributed by atoms with Crippen molar-refractivity contribution in [2.75, 3.05) is 26.7 Å². The summed E-state index contributed by atoms with van der Waals surface area (Å²) in [7, 11) is 1.59. The minimum absolute atomic E-state index is 0.101. The van der Waals surface area contributed by atoms with E-state index in [2.05, 4.69) is 22.6 Å². The van der Waals surface area contributed by atoms with Crippen molar-refractivity contribution in [1.29, 1.82) is 0 Å². The van der Waals surface area contributed by atoms with Crippen LogP contribution in [-0.2, 0) is 11.3 Å². The second kappa shape index (κ2) is 6.93. The standard InChI is InChI=1S/C17H21N3O3/c1-12-14(11-22-2)16(19-23-12)17(21)20-9-8-18-15(10-20)13-6-4-3-5-7-13/h3-7,15,18H,8-11H2,1-2H3. The smallest absolute Gasteiger partial charge is 0.276 e. The van der Waals surface area contributed by atoms with Gasteiger partial charge in [-0.25, -0.2) is 0 Å². The van der Waals surface area contributed by atoms with Crippen LogP contribution >= 0.6 is 0 Å². The molecule has 0 saturated carbocycles. The molecule has 1 aliphatic rings. The number of benzene rings is 1. The van der Waals surface area contributed by atoms with E-state index in [9.17, 15) is 4.79 Å². The highest BCUT2D eigenvalue weighted by Gasteiger charge is 2.29. The Morgan fingerprint density at radius 2 is 2.22 bits per heavy atom. The molecule has 2 aromatic rings. The molecule has 0 spiro atoms. The van der Waals surface area contributed by atoms with E-state index >= 15 is 0 Å². The first-order chi connectivity index (χ1) is 11.2. The molecule has 2 heterocycles. The minimum Gasteiger partial charge on any atom is -0.380 e. The normalized spacial score (nSPS) is 18.2. The molecule has 6 heteroatoms. The Labute approximate surface area is 135 Å². The van der Waals surface area contributed by atoms with Crippen LogP contribution in [0.15, 0.2) is 34.9 Å². The van der Waals surface area contributed by atoms with Gasteiger partial charge < -0.3 is 19.5 Å². The molecule has 1 aromatic heterocycles. The highest BCUT2D eigenvalue weighted by atomic mass is 16.5. The monoisotopic (exact) mass is 315 g/mol.